The van der Waals surface area contributed by atoms with E-state index in [0.717, 1.165) is 10.5 Å². The average molecular weight is 350 g/mol. The van der Waals surface area contributed by atoms with Crippen LogP contribution in [0.25, 0.3) is 0 Å². The first-order chi connectivity index (χ1) is 8.33. The molecule has 0 aromatic heterocycles. The summed E-state index contributed by atoms with van der Waals surface area (Å²) in [6.45, 7) is 4.73. The smallest absolute Gasteiger partial charge is 0.0575 e. The number of hydrogen-bond acceptors (Lipinski definition) is 1. The van der Waals surface area contributed by atoms with Gasteiger partial charge >= 0.3 is 0 Å². The third-order valence-electron chi connectivity index (χ3n) is 3.51. The molecular formula is C15H27IO. The van der Waals surface area contributed by atoms with Crippen molar-refractivity contribution >= 4 is 22.6 Å². The van der Waals surface area contributed by atoms with Crippen LogP contribution in [0.15, 0.2) is 12.7 Å². The van der Waals surface area contributed by atoms with Crippen LogP contribution in [0.5, 0.6) is 0 Å². The van der Waals surface area contributed by atoms with Gasteiger partial charge in [0.25, 0.3) is 0 Å². The zero-order valence-electron chi connectivity index (χ0n) is 11.0. The molecule has 0 spiro atoms. The van der Waals surface area contributed by atoms with Gasteiger partial charge in [-0.05, 0) is 44.9 Å². The van der Waals surface area contributed by atoms with Crippen LogP contribution in [0.4, 0.5) is 0 Å². The topological polar surface area (TPSA) is 9.23 Å². The Kier molecular flexibility index (Phi) is 9.44. The van der Waals surface area contributed by atoms with E-state index in [1.54, 1.807) is 0 Å². The number of halogens is 1. The van der Waals surface area contributed by atoms with Crippen LogP contribution in [0, 0.1) is 0 Å². The molecule has 2 heteroatoms. The number of hydrogen-bond donors (Lipinski definition) is 0. The Labute approximate surface area is 121 Å². The standard InChI is InChI=1S/C15H27IO/c1-2-3-4-5-6-7-8-13-17-15-11-9-14(16)10-12-15/h2,14-15H,1,3-13H2. The van der Waals surface area contributed by atoms with Gasteiger partial charge in [0.15, 0.2) is 0 Å². The largest absolute Gasteiger partial charge is 0.378 e. The monoisotopic (exact) mass is 350 g/mol. The maximum atomic E-state index is 5.94. The lowest BCUT2D eigenvalue weighted by atomic mass is 9.98. The second-order valence-electron chi connectivity index (χ2n) is 5.09. The van der Waals surface area contributed by atoms with E-state index in [1.807, 2.05) is 6.08 Å². The van der Waals surface area contributed by atoms with E-state index in [0.29, 0.717) is 6.10 Å². The van der Waals surface area contributed by atoms with Gasteiger partial charge in [-0.25, -0.2) is 0 Å². The minimum atomic E-state index is 0.571. The van der Waals surface area contributed by atoms with Crippen LogP contribution >= 0.6 is 22.6 Å². The minimum absolute atomic E-state index is 0.571. The Morgan fingerprint density at radius 2 is 1.65 bits per heavy atom. The first-order valence-electron chi connectivity index (χ1n) is 7.19. The van der Waals surface area contributed by atoms with Gasteiger partial charge in [-0.2, -0.15) is 0 Å². The molecule has 0 atom stereocenters. The fourth-order valence-electron chi connectivity index (χ4n) is 2.36. The third kappa shape index (κ3) is 8.20. The van der Waals surface area contributed by atoms with Crippen molar-refractivity contribution in [3.8, 4) is 0 Å². The SMILES string of the molecule is C=CCCCCCCCOC1CCC(I)CC1. The molecule has 100 valence electrons. The highest BCUT2D eigenvalue weighted by Crippen LogP contribution is 2.26. The zero-order chi connectivity index (χ0) is 12.3. The van der Waals surface area contributed by atoms with Gasteiger partial charge < -0.3 is 4.74 Å². The summed E-state index contributed by atoms with van der Waals surface area (Å²) in [5.74, 6) is 0. The summed E-state index contributed by atoms with van der Waals surface area (Å²) >= 11 is 2.57. The molecule has 1 aliphatic rings. The van der Waals surface area contributed by atoms with E-state index < -0.39 is 0 Å². The molecule has 1 rings (SSSR count). The van der Waals surface area contributed by atoms with Crippen LogP contribution in [0.3, 0.4) is 0 Å². The molecule has 0 saturated heterocycles. The molecule has 0 amide bonds. The quantitative estimate of drug-likeness (QED) is 0.238. The summed E-state index contributed by atoms with van der Waals surface area (Å²) in [6.07, 6.45) is 15.6. The Bertz CT molecular complexity index is 185. The first-order valence-corrected chi connectivity index (χ1v) is 8.44. The predicted molar refractivity (Wildman–Crippen MR) is 83.9 cm³/mol. The minimum Gasteiger partial charge on any atom is -0.378 e. The van der Waals surface area contributed by atoms with Gasteiger partial charge in [0.2, 0.25) is 0 Å². The van der Waals surface area contributed by atoms with Crippen molar-refractivity contribution in [3.63, 3.8) is 0 Å². The van der Waals surface area contributed by atoms with E-state index in [1.165, 1.54) is 64.2 Å². The van der Waals surface area contributed by atoms with E-state index in [9.17, 15) is 0 Å². The molecule has 1 aliphatic carbocycles. The Morgan fingerprint density at radius 1 is 1.00 bits per heavy atom. The second kappa shape index (κ2) is 10.4. The number of allylic oxidation sites excluding steroid dienone is 1. The Hall–Kier alpha value is 0.430. The maximum absolute atomic E-state index is 5.94. The van der Waals surface area contributed by atoms with Crippen molar-refractivity contribution in [3.05, 3.63) is 12.7 Å². The summed E-state index contributed by atoms with van der Waals surface area (Å²) < 4.78 is 6.84. The molecule has 1 fully saturated rings. The summed E-state index contributed by atoms with van der Waals surface area (Å²) in [5, 5.41) is 0. The number of ether oxygens (including phenoxy) is 1. The predicted octanol–water partition coefficient (Wildman–Crippen LogP) is 5.28. The lowest BCUT2D eigenvalue weighted by Gasteiger charge is -2.25. The van der Waals surface area contributed by atoms with Crippen LogP contribution in [0.1, 0.15) is 64.2 Å². The molecule has 0 N–H and O–H groups in total. The zero-order valence-corrected chi connectivity index (χ0v) is 13.2. The van der Waals surface area contributed by atoms with Crippen molar-refractivity contribution in [2.24, 2.45) is 0 Å². The molecule has 1 nitrogen and oxygen atoms in total. The van der Waals surface area contributed by atoms with Gasteiger partial charge in [0.05, 0.1) is 6.10 Å². The van der Waals surface area contributed by atoms with Crippen LogP contribution < -0.4 is 0 Å². The van der Waals surface area contributed by atoms with Crippen molar-refractivity contribution in [1.82, 2.24) is 0 Å². The summed E-state index contributed by atoms with van der Waals surface area (Å²) in [4.78, 5) is 0. The fourth-order valence-corrected chi connectivity index (χ4v) is 3.08. The normalized spacial score (nSPS) is 24.8. The third-order valence-corrected chi connectivity index (χ3v) is 4.76. The lowest BCUT2D eigenvalue weighted by molar-refractivity contribution is 0.0280. The van der Waals surface area contributed by atoms with Gasteiger partial charge in [0.1, 0.15) is 0 Å². The fraction of sp³-hybridized carbons (Fsp3) is 0.867. The number of rotatable bonds is 9. The lowest BCUT2D eigenvalue weighted by Crippen LogP contribution is -2.21. The van der Waals surface area contributed by atoms with E-state index in [4.69, 9.17) is 4.74 Å². The van der Waals surface area contributed by atoms with E-state index in [-0.39, 0.29) is 0 Å². The highest BCUT2D eigenvalue weighted by atomic mass is 127. The van der Waals surface area contributed by atoms with Gasteiger partial charge in [0, 0.05) is 10.5 Å². The highest BCUT2D eigenvalue weighted by molar-refractivity contribution is 14.1. The molecule has 0 aliphatic heterocycles. The molecule has 0 bridgehead atoms. The molecule has 0 radical (unpaired) electrons. The summed E-state index contributed by atoms with van der Waals surface area (Å²) in [6, 6.07) is 0. The molecule has 0 unspecified atom stereocenters. The van der Waals surface area contributed by atoms with Crippen molar-refractivity contribution in [2.75, 3.05) is 6.61 Å². The number of alkyl halides is 1. The maximum Gasteiger partial charge on any atom is 0.0575 e. The molecule has 0 heterocycles. The Balaban J connectivity index is 1.82. The van der Waals surface area contributed by atoms with Crippen molar-refractivity contribution < 1.29 is 4.74 Å². The Morgan fingerprint density at radius 3 is 2.35 bits per heavy atom. The van der Waals surface area contributed by atoms with Gasteiger partial charge in [-0.15, -0.1) is 6.58 Å². The summed E-state index contributed by atoms with van der Waals surface area (Å²) in [5.41, 5.74) is 0. The number of unbranched alkanes of at least 4 members (excludes halogenated alkanes) is 5. The summed E-state index contributed by atoms with van der Waals surface area (Å²) in [7, 11) is 0. The first kappa shape index (κ1) is 15.5. The highest BCUT2D eigenvalue weighted by Gasteiger charge is 2.18. The van der Waals surface area contributed by atoms with Gasteiger partial charge in [-0.1, -0.05) is 47.9 Å². The average Bonchev–Trinajstić information content (AvgIpc) is 2.35. The van der Waals surface area contributed by atoms with Crippen molar-refractivity contribution in [2.45, 2.75) is 74.2 Å². The van der Waals surface area contributed by atoms with Crippen LogP contribution in [-0.4, -0.2) is 16.6 Å². The van der Waals surface area contributed by atoms with Crippen molar-refractivity contribution in [1.29, 1.82) is 0 Å². The second-order valence-corrected chi connectivity index (χ2v) is 6.85. The molecular weight excluding hydrogens is 323 g/mol. The van der Waals surface area contributed by atoms with Crippen LogP contribution in [0.2, 0.25) is 0 Å². The molecule has 0 aromatic rings. The molecule has 0 aromatic carbocycles. The van der Waals surface area contributed by atoms with Gasteiger partial charge in [-0.3, -0.25) is 0 Å². The molecule has 1 saturated carbocycles. The van der Waals surface area contributed by atoms with E-state index in [2.05, 4.69) is 29.2 Å². The molecule has 17 heavy (non-hydrogen) atoms. The van der Waals surface area contributed by atoms with E-state index >= 15 is 0 Å². The van der Waals surface area contributed by atoms with Crippen LogP contribution in [-0.2, 0) is 4.74 Å².